The van der Waals surface area contributed by atoms with Gasteiger partial charge < -0.3 is 4.57 Å². The fraction of sp³-hybridized carbons (Fsp3) is 0.333. The molecule has 0 atom stereocenters. The van der Waals surface area contributed by atoms with E-state index >= 15 is 0 Å². The average Bonchev–Trinajstić information content (AvgIpc) is 2.92. The van der Waals surface area contributed by atoms with E-state index in [1.165, 1.54) is 16.8 Å². The van der Waals surface area contributed by atoms with Gasteiger partial charge in [0, 0.05) is 41.7 Å². The molecule has 0 saturated heterocycles. The van der Waals surface area contributed by atoms with Crippen LogP contribution in [0.2, 0.25) is 0 Å². The van der Waals surface area contributed by atoms with Gasteiger partial charge in [-0.05, 0) is 31.9 Å². The van der Waals surface area contributed by atoms with Crippen LogP contribution in [0, 0.1) is 17.0 Å². The van der Waals surface area contributed by atoms with Gasteiger partial charge in [0.15, 0.2) is 0 Å². The number of aryl methyl sites for hydroxylation is 2. The van der Waals surface area contributed by atoms with E-state index in [9.17, 15) is 10.1 Å². The van der Waals surface area contributed by atoms with E-state index in [1.807, 2.05) is 0 Å². The topological polar surface area (TPSA) is 48.1 Å². The third-order valence-corrected chi connectivity index (χ3v) is 3.81. The molecule has 0 amide bonds. The second kappa shape index (κ2) is 4.23. The van der Waals surface area contributed by atoms with Crippen LogP contribution < -0.4 is 0 Å². The number of hydrogen-bond acceptors (Lipinski definition) is 2. The summed E-state index contributed by atoms with van der Waals surface area (Å²) in [5.41, 5.74) is 4.85. The average molecular weight is 256 g/mol. The second-order valence-electron chi connectivity index (χ2n) is 5.18. The van der Waals surface area contributed by atoms with Crippen LogP contribution in [0.15, 0.2) is 23.9 Å². The summed E-state index contributed by atoms with van der Waals surface area (Å²) in [5.74, 6) is 0. The minimum absolute atomic E-state index is 0.198. The molecule has 0 radical (unpaired) electrons. The number of hydrogen-bond donors (Lipinski definition) is 0. The lowest BCUT2D eigenvalue weighted by atomic mass is 10.1. The maximum Gasteiger partial charge on any atom is 0.243 e. The molecule has 19 heavy (non-hydrogen) atoms. The molecule has 0 fully saturated rings. The van der Waals surface area contributed by atoms with Crippen LogP contribution in [0.5, 0.6) is 0 Å². The van der Waals surface area contributed by atoms with E-state index in [4.69, 9.17) is 0 Å². The highest BCUT2D eigenvalue weighted by Gasteiger charge is 2.21. The number of benzene rings is 1. The molecule has 1 aromatic heterocycles. The summed E-state index contributed by atoms with van der Waals surface area (Å²) in [5, 5.41) is 12.0. The van der Waals surface area contributed by atoms with E-state index < -0.39 is 0 Å². The highest BCUT2D eigenvalue weighted by molar-refractivity contribution is 5.92. The predicted molar refractivity (Wildman–Crippen MR) is 75.6 cm³/mol. The summed E-state index contributed by atoms with van der Waals surface area (Å²) in [6, 6.07) is 6.35. The van der Waals surface area contributed by atoms with Crippen LogP contribution in [0.1, 0.15) is 30.2 Å². The normalized spacial score (nSPS) is 14.9. The van der Waals surface area contributed by atoms with Gasteiger partial charge in [-0.15, -0.1) is 0 Å². The molecule has 0 aliphatic carbocycles. The van der Waals surface area contributed by atoms with Crippen molar-refractivity contribution < 1.29 is 4.92 Å². The van der Waals surface area contributed by atoms with Crippen molar-refractivity contribution in [3.8, 4) is 0 Å². The quantitative estimate of drug-likeness (QED) is 0.609. The van der Waals surface area contributed by atoms with Crippen molar-refractivity contribution in [2.24, 2.45) is 0 Å². The summed E-state index contributed by atoms with van der Waals surface area (Å²) in [4.78, 5) is 10.5. The van der Waals surface area contributed by atoms with Crippen molar-refractivity contribution >= 4 is 17.0 Å². The third-order valence-electron chi connectivity index (χ3n) is 3.81. The number of nitrogens with zero attached hydrogens (tertiary/aromatic N) is 2. The summed E-state index contributed by atoms with van der Waals surface area (Å²) in [6.45, 7) is 4.62. The number of nitro groups is 1. The van der Waals surface area contributed by atoms with Crippen LogP contribution in [-0.4, -0.2) is 9.49 Å². The van der Waals surface area contributed by atoms with Crippen LogP contribution in [0.3, 0.4) is 0 Å². The highest BCUT2D eigenvalue weighted by atomic mass is 16.6. The molecule has 2 aromatic rings. The van der Waals surface area contributed by atoms with Gasteiger partial charge in [-0.3, -0.25) is 10.1 Å². The van der Waals surface area contributed by atoms with Gasteiger partial charge >= 0.3 is 0 Å². The Balaban J connectivity index is 2.31. The fourth-order valence-electron chi connectivity index (χ4n) is 2.90. The van der Waals surface area contributed by atoms with E-state index in [1.54, 1.807) is 13.0 Å². The first-order chi connectivity index (χ1) is 9.08. The molecule has 1 aliphatic heterocycles. The lowest BCUT2D eigenvalue weighted by molar-refractivity contribution is -0.422. The maximum absolute atomic E-state index is 10.9. The van der Waals surface area contributed by atoms with Gasteiger partial charge in [0.2, 0.25) is 5.70 Å². The van der Waals surface area contributed by atoms with Crippen LogP contribution in [0.25, 0.3) is 17.0 Å². The Morgan fingerprint density at radius 3 is 3.00 bits per heavy atom. The van der Waals surface area contributed by atoms with Gasteiger partial charge in [0.1, 0.15) is 0 Å². The smallest absolute Gasteiger partial charge is 0.243 e. The van der Waals surface area contributed by atoms with E-state index in [0.29, 0.717) is 0 Å². The molecule has 1 aromatic carbocycles. The SMILES string of the molecule is C/C(=C\c1c2n(c3ccc(C)cc13)CCC2)[N+](=O)[O-]. The third kappa shape index (κ3) is 1.84. The lowest BCUT2D eigenvalue weighted by Gasteiger charge is -1.99. The molecule has 0 N–H and O–H groups in total. The van der Waals surface area contributed by atoms with Gasteiger partial charge in [-0.2, -0.15) is 0 Å². The summed E-state index contributed by atoms with van der Waals surface area (Å²) in [7, 11) is 0. The fourth-order valence-corrected chi connectivity index (χ4v) is 2.90. The van der Waals surface area contributed by atoms with Crippen molar-refractivity contribution in [3.63, 3.8) is 0 Å². The van der Waals surface area contributed by atoms with Crippen molar-refractivity contribution in [3.05, 3.63) is 50.8 Å². The van der Waals surface area contributed by atoms with E-state index in [2.05, 4.69) is 29.7 Å². The lowest BCUT2D eigenvalue weighted by Crippen LogP contribution is -1.94. The first-order valence-electron chi connectivity index (χ1n) is 6.52. The zero-order chi connectivity index (χ0) is 13.6. The highest BCUT2D eigenvalue weighted by Crippen LogP contribution is 2.33. The minimum atomic E-state index is -0.319. The van der Waals surface area contributed by atoms with Gasteiger partial charge in [-0.1, -0.05) is 11.6 Å². The van der Waals surface area contributed by atoms with E-state index in [-0.39, 0.29) is 10.6 Å². The second-order valence-corrected chi connectivity index (χ2v) is 5.18. The van der Waals surface area contributed by atoms with Gasteiger partial charge in [0.25, 0.3) is 0 Å². The van der Waals surface area contributed by atoms with Crippen LogP contribution in [-0.2, 0) is 13.0 Å². The molecule has 4 nitrogen and oxygen atoms in total. The van der Waals surface area contributed by atoms with Crippen molar-refractivity contribution in [1.29, 1.82) is 0 Å². The zero-order valence-electron chi connectivity index (χ0n) is 11.1. The number of rotatable bonds is 2. The molecule has 0 unspecified atom stereocenters. The Labute approximate surface area is 111 Å². The molecule has 4 heteroatoms. The zero-order valence-corrected chi connectivity index (χ0v) is 11.1. The van der Waals surface area contributed by atoms with E-state index in [0.717, 1.165) is 30.3 Å². The Kier molecular flexibility index (Phi) is 2.66. The molecule has 3 rings (SSSR count). The number of fused-ring (bicyclic) bond motifs is 3. The monoisotopic (exact) mass is 256 g/mol. The molecule has 98 valence electrons. The van der Waals surface area contributed by atoms with Gasteiger partial charge in [-0.25, -0.2) is 0 Å². The summed E-state index contributed by atoms with van der Waals surface area (Å²) < 4.78 is 2.30. The van der Waals surface area contributed by atoms with Crippen molar-refractivity contribution in [2.75, 3.05) is 0 Å². The van der Waals surface area contributed by atoms with Crippen molar-refractivity contribution in [1.82, 2.24) is 4.57 Å². The standard InChI is InChI=1S/C15H16N2O2/c1-10-5-6-15-12(8-10)13(9-11(2)17(18)19)14-4-3-7-16(14)15/h5-6,8-9H,3-4,7H2,1-2H3/b11-9+. The molecular weight excluding hydrogens is 240 g/mol. The maximum atomic E-state index is 10.9. The van der Waals surface area contributed by atoms with Crippen molar-refractivity contribution in [2.45, 2.75) is 33.2 Å². The largest absolute Gasteiger partial charge is 0.344 e. The van der Waals surface area contributed by atoms with Crippen LogP contribution >= 0.6 is 0 Å². The number of allylic oxidation sites excluding steroid dienone is 1. The molecular formula is C15H16N2O2. The van der Waals surface area contributed by atoms with Crippen LogP contribution in [0.4, 0.5) is 0 Å². The first kappa shape index (κ1) is 12.0. The molecule has 0 saturated carbocycles. The first-order valence-corrected chi connectivity index (χ1v) is 6.52. The summed E-state index contributed by atoms with van der Waals surface area (Å²) >= 11 is 0. The summed E-state index contributed by atoms with van der Waals surface area (Å²) in [6.07, 6.45) is 3.85. The molecule has 0 bridgehead atoms. The Hall–Kier alpha value is -2.10. The number of aromatic nitrogens is 1. The van der Waals surface area contributed by atoms with Gasteiger partial charge in [0.05, 0.1) is 4.92 Å². The Morgan fingerprint density at radius 2 is 2.26 bits per heavy atom. The molecule has 0 spiro atoms. The molecule has 1 aliphatic rings. The Morgan fingerprint density at radius 1 is 1.47 bits per heavy atom. The minimum Gasteiger partial charge on any atom is -0.344 e. The Bertz CT molecular complexity index is 710. The predicted octanol–water partition coefficient (Wildman–Crippen LogP) is 3.53. The molecule has 2 heterocycles.